The van der Waals surface area contributed by atoms with Gasteiger partial charge in [0.05, 0.1) is 6.10 Å². The summed E-state index contributed by atoms with van der Waals surface area (Å²) < 4.78 is 0. The minimum absolute atomic E-state index is 0.0914. The maximum Gasteiger partial charge on any atom is 0.0594 e. The third kappa shape index (κ3) is 2.76. The highest BCUT2D eigenvalue weighted by molar-refractivity contribution is 5.33. The normalized spacial score (nSPS) is 53.0. The van der Waals surface area contributed by atoms with Crippen molar-refractivity contribution in [3.8, 4) is 0 Å². The first-order chi connectivity index (χ1) is 15.3. The zero-order valence-electron chi connectivity index (χ0n) is 23.3. The molecule has 10 atom stereocenters. The lowest BCUT2D eigenvalue weighted by Gasteiger charge is -2.63. The van der Waals surface area contributed by atoms with Crippen molar-refractivity contribution in [2.45, 2.75) is 126 Å². The van der Waals surface area contributed by atoms with E-state index in [2.05, 4.69) is 62.0 Å². The highest BCUT2D eigenvalue weighted by Gasteiger charge is 2.85. The second-order valence-corrected chi connectivity index (χ2v) is 15.2. The molecule has 0 aromatic heterocycles. The number of fused-ring (bicyclic) bond motifs is 2. The molecule has 5 aliphatic carbocycles. The van der Waals surface area contributed by atoms with Crippen LogP contribution in [0.1, 0.15) is 120 Å². The smallest absolute Gasteiger partial charge is 0.0594 e. The van der Waals surface area contributed by atoms with E-state index in [4.69, 9.17) is 0 Å². The summed E-state index contributed by atoms with van der Waals surface area (Å²) in [4.78, 5) is 0. The quantitative estimate of drug-likeness (QED) is 0.412. The summed E-state index contributed by atoms with van der Waals surface area (Å²) >= 11 is 0. The Morgan fingerprint density at radius 3 is 2.15 bits per heavy atom. The van der Waals surface area contributed by atoms with Gasteiger partial charge in [0.2, 0.25) is 0 Å². The first kappa shape index (κ1) is 24.4. The molecule has 5 aliphatic rings. The van der Waals surface area contributed by atoms with Gasteiger partial charge in [-0.15, -0.1) is 0 Å². The highest BCUT2D eigenvalue weighted by atomic mass is 16.3. The van der Waals surface area contributed by atoms with Gasteiger partial charge in [-0.2, -0.15) is 0 Å². The first-order valence-electron chi connectivity index (χ1n) is 14.7. The fraction of sp³-hybridized carbons (Fsp3) is 0.938. The molecule has 5 unspecified atom stereocenters. The van der Waals surface area contributed by atoms with Crippen molar-refractivity contribution >= 4 is 0 Å². The molecule has 188 valence electrons. The molecule has 0 amide bonds. The molecule has 0 aromatic rings. The monoisotopic (exact) mass is 454 g/mol. The van der Waals surface area contributed by atoms with E-state index in [0.29, 0.717) is 27.6 Å². The van der Waals surface area contributed by atoms with E-state index in [0.717, 1.165) is 36.0 Å². The predicted molar refractivity (Wildman–Crippen MR) is 140 cm³/mol. The van der Waals surface area contributed by atoms with Crippen LogP contribution in [0.2, 0.25) is 0 Å². The average Bonchev–Trinajstić information content (AvgIpc) is 3.15. The molecule has 0 heterocycles. The van der Waals surface area contributed by atoms with Gasteiger partial charge in [0.25, 0.3) is 0 Å². The Bertz CT molecular complexity index is 809. The van der Waals surface area contributed by atoms with Crippen molar-refractivity contribution in [3.05, 3.63) is 12.2 Å². The summed E-state index contributed by atoms with van der Waals surface area (Å²) in [5.41, 5.74) is 3.65. The number of hydrogen-bond acceptors (Lipinski definition) is 1. The molecular weight excluding hydrogens is 400 g/mol. The van der Waals surface area contributed by atoms with E-state index in [9.17, 15) is 5.11 Å². The molecule has 5 fully saturated rings. The van der Waals surface area contributed by atoms with Crippen LogP contribution < -0.4 is 0 Å². The maximum atomic E-state index is 10.9. The van der Waals surface area contributed by atoms with Crippen LogP contribution in [-0.4, -0.2) is 11.2 Å². The predicted octanol–water partition coefficient (Wildman–Crippen LogP) is 8.66. The van der Waals surface area contributed by atoms with Crippen LogP contribution in [0, 0.1) is 62.6 Å². The molecular formula is C32H54O. The lowest BCUT2D eigenvalue weighted by atomic mass is 9.41. The van der Waals surface area contributed by atoms with Crippen molar-refractivity contribution < 1.29 is 5.11 Å². The Morgan fingerprint density at radius 2 is 1.48 bits per heavy atom. The molecule has 0 radical (unpaired) electrons. The van der Waals surface area contributed by atoms with Crippen LogP contribution in [0.3, 0.4) is 0 Å². The summed E-state index contributed by atoms with van der Waals surface area (Å²) in [5.74, 6) is 4.81. The van der Waals surface area contributed by atoms with Crippen LogP contribution in [0.5, 0.6) is 0 Å². The number of allylic oxidation sites excluding steroid dienone is 1. The minimum Gasteiger partial charge on any atom is -0.393 e. The lowest BCUT2D eigenvalue weighted by Crippen LogP contribution is -2.57. The Morgan fingerprint density at radius 1 is 0.848 bits per heavy atom. The maximum absolute atomic E-state index is 10.9. The van der Waals surface area contributed by atoms with Gasteiger partial charge in [0.1, 0.15) is 0 Å². The standard InChI is InChI=1S/C32H54O/c1-20(2)21(3)10-11-22(4)24-14-16-30(9)26-13-12-25-28(6,7)27(33)15-17-31(25)23(5)32(26,31)19-18-29(24,30)8/h20,22-27,33H,3,10-19H2,1-2,4-9H3/t22-,23-,24?,25?,26?,27?,29-,30+,31?,32+/m1/s1. The van der Waals surface area contributed by atoms with E-state index >= 15 is 0 Å². The topological polar surface area (TPSA) is 20.2 Å². The third-order valence-electron chi connectivity index (χ3n) is 14.3. The Hall–Kier alpha value is -0.300. The van der Waals surface area contributed by atoms with E-state index in [1.165, 1.54) is 63.4 Å². The highest BCUT2D eigenvalue weighted by Crippen LogP contribution is 2.91. The minimum atomic E-state index is -0.101. The van der Waals surface area contributed by atoms with Gasteiger partial charge in [-0.1, -0.05) is 67.5 Å². The van der Waals surface area contributed by atoms with Gasteiger partial charge >= 0.3 is 0 Å². The van der Waals surface area contributed by atoms with Crippen molar-refractivity contribution in [3.63, 3.8) is 0 Å². The SMILES string of the molecule is C=C(CC[C@@H](C)C1CC[C@@]2(C)C3CCC4C(C)(C)C(O)CCC45[C@@H](C)[C@@]35CC[C@]12C)C(C)C. The number of hydrogen-bond donors (Lipinski definition) is 1. The van der Waals surface area contributed by atoms with E-state index in [1.54, 1.807) is 0 Å². The number of aliphatic hydroxyl groups excluding tert-OH is 1. The molecule has 33 heavy (non-hydrogen) atoms. The van der Waals surface area contributed by atoms with Crippen LogP contribution >= 0.6 is 0 Å². The fourth-order valence-electron chi connectivity index (χ4n) is 11.9. The van der Waals surface area contributed by atoms with Gasteiger partial charge in [-0.3, -0.25) is 0 Å². The van der Waals surface area contributed by atoms with Crippen LogP contribution in [0.4, 0.5) is 0 Å². The molecule has 1 N–H and O–H groups in total. The van der Waals surface area contributed by atoms with Crippen LogP contribution in [0.15, 0.2) is 12.2 Å². The summed E-state index contributed by atoms with van der Waals surface area (Å²) in [6.07, 6.45) is 13.4. The largest absolute Gasteiger partial charge is 0.393 e. The summed E-state index contributed by atoms with van der Waals surface area (Å²) in [7, 11) is 0. The fourth-order valence-corrected chi connectivity index (χ4v) is 11.9. The van der Waals surface area contributed by atoms with Gasteiger partial charge in [-0.05, 0) is 127 Å². The molecule has 5 rings (SSSR count). The molecule has 2 spiro atoms. The zero-order chi connectivity index (χ0) is 24.2. The number of rotatable bonds is 5. The first-order valence-corrected chi connectivity index (χ1v) is 14.7. The molecule has 0 aromatic carbocycles. The van der Waals surface area contributed by atoms with Crippen molar-refractivity contribution in [2.75, 3.05) is 0 Å². The second kappa shape index (κ2) is 7.36. The zero-order valence-corrected chi connectivity index (χ0v) is 23.3. The number of aliphatic hydroxyl groups is 1. The van der Waals surface area contributed by atoms with Gasteiger partial charge in [0.15, 0.2) is 0 Å². The molecule has 5 saturated carbocycles. The summed E-state index contributed by atoms with van der Waals surface area (Å²) in [6.45, 7) is 24.5. The van der Waals surface area contributed by atoms with Crippen molar-refractivity contribution in [1.82, 2.24) is 0 Å². The van der Waals surface area contributed by atoms with Crippen LogP contribution in [0.25, 0.3) is 0 Å². The van der Waals surface area contributed by atoms with Gasteiger partial charge < -0.3 is 5.11 Å². The summed E-state index contributed by atoms with van der Waals surface area (Å²) in [6, 6.07) is 0. The summed E-state index contributed by atoms with van der Waals surface area (Å²) in [5, 5.41) is 10.9. The molecule has 1 nitrogen and oxygen atoms in total. The Balaban J connectivity index is 1.42. The van der Waals surface area contributed by atoms with Crippen molar-refractivity contribution in [1.29, 1.82) is 0 Å². The van der Waals surface area contributed by atoms with Crippen molar-refractivity contribution in [2.24, 2.45) is 62.6 Å². The van der Waals surface area contributed by atoms with Crippen LogP contribution in [-0.2, 0) is 0 Å². The second-order valence-electron chi connectivity index (χ2n) is 15.2. The Kier molecular flexibility index (Phi) is 5.44. The molecule has 0 aliphatic heterocycles. The molecule has 1 heteroatoms. The molecule has 0 bridgehead atoms. The third-order valence-corrected chi connectivity index (χ3v) is 14.3. The lowest BCUT2D eigenvalue weighted by molar-refractivity contribution is -0.161. The Labute approximate surface area is 205 Å². The van der Waals surface area contributed by atoms with E-state index in [-0.39, 0.29) is 11.5 Å². The molecule has 0 saturated heterocycles. The van der Waals surface area contributed by atoms with E-state index < -0.39 is 0 Å². The van der Waals surface area contributed by atoms with E-state index in [1.807, 2.05) is 0 Å². The van der Waals surface area contributed by atoms with Gasteiger partial charge in [-0.25, -0.2) is 0 Å². The average molecular weight is 455 g/mol. The van der Waals surface area contributed by atoms with Gasteiger partial charge in [0, 0.05) is 0 Å².